The summed E-state index contributed by atoms with van der Waals surface area (Å²) in [5.74, 6) is -2.57. The molecule has 10 nitrogen and oxygen atoms in total. The Hall–Kier alpha value is -2.19. The number of benzene rings is 2. The summed E-state index contributed by atoms with van der Waals surface area (Å²) < 4.78 is 23.8. The molecule has 0 aliphatic heterocycles. The van der Waals surface area contributed by atoms with Crippen molar-refractivity contribution in [3.63, 3.8) is 0 Å². The van der Waals surface area contributed by atoms with Gasteiger partial charge in [-0.2, -0.15) is 0 Å². The number of ether oxygens (including phenoxy) is 4. The topological polar surface area (TPSA) is 151 Å². The first-order valence-corrected chi connectivity index (χ1v) is 25.1. The minimum Gasteiger partial charge on any atom is -0.550 e. The first-order chi connectivity index (χ1) is 31.0. The van der Waals surface area contributed by atoms with Crippen molar-refractivity contribution in [3.05, 3.63) is 71.8 Å². The number of aliphatic carboxylic acids is 2. The second kappa shape index (κ2) is 44.3. The van der Waals surface area contributed by atoms with Crippen molar-refractivity contribution in [2.24, 2.45) is 0 Å². The summed E-state index contributed by atoms with van der Waals surface area (Å²) in [7, 11) is 0. The predicted octanol–water partition coefficient (Wildman–Crippen LogP) is 11.1. The van der Waals surface area contributed by atoms with E-state index in [4.69, 9.17) is 18.9 Å². The van der Waals surface area contributed by atoms with E-state index in [9.17, 15) is 29.4 Å². The fraction of sp³-hybridized carbons (Fsp3) is 0.704. The van der Waals surface area contributed by atoms with Gasteiger partial charge in [0.25, 0.3) is 0 Å². The molecule has 0 amide bonds. The summed E-state index contributed by atoms with van der Waals surface area (Å²) in [6.45, 7) is 8.31. The normalized spacial score (nSPS) is 12.7. The fourth-order valence-corrected chi connectivity index (χ4v) is 7.92. The van der Waals surface area contributed by atoms with Crippen molar-refractivity contribution in [1.82, 2.24) is 0 Å². The standard InChI is InChI=1S/2C27H44O5.Ba/c2*1-3-4-5-6-7-8-9-14-20-26(32-23(2)28)25(19-15-11-16-21-27(29)30)31-22-24-17-12-10-13-18-24;/h2*10,12-13,17-18,25-26H,3-9,11,14-16,19-22H2,1-2H3,(H,29,30);/q;;+2/p-2. The molecule has 0 aliphatic rings. The molecule has 65 heavy (non-hydrogen) atoms. The molecule has 2 rings (SSSR count). The largest absolute Gasteiger partial charge is 2.00 e. The summed E-state index contributed by atoms with van der Waals surface area (Å²) in [6.07, 6.45) is 26.5. The predicted molar refractivity (Wildman–Crippen MR) is 258 cm³/mol. The van der Waals surface area contributed by atoms with Crippen molar-refractivity contribution in [3.8, 4) is 0 Å². The average molecular weight is 1030 g/mol. The van der Waals surface area contributed by atoms with E-state index in [2.05, 4.69) is 13.8 Å². The Morgan fingerprint density at radius 3 is 0.985 bits per heavy atom. The molecular weight excluding hydrogens is 946 g/mol. The van der Waals surface area contributed by atoms with Crippen LogP contribution in [-0.2, 0) is 51.3 Å². The molecule has 0 heterocycles. The monoisotopic (exact) mass is 1030 g/mol. The van der Waals surface area contributed by atoms with Crippen molar-refractivity contribution in [1.29, 1.82) is 0 Å². The summed E-state index contributed by atoms with van der Waals surface area (Å²) in [5, 5.41) is 21.3. The molecule has 364 valence electrons. The van der Waals surface area contributed by atoms with Gasteiger partial charge in [-0.15, -0.1) is 0 Å². The van der Waals surface area contributed by atoms with Gasteiger partial charge in [-0.1, -0.05) is 190 Å². The van der Waals surface area contributed by atoms with Crippen molar-refractivity contribution < 1.29 is 48.3 Å². The van der Waals surface area contributed by atoms with Crippen LogP contribution in [0.3, 0.4) is 0 Å². The van der Waals surface area contributed by atoms with Gasteiger partial charge in [0, 0.05) is 25.8 Å². The van der Waals surface area contributed by atoms with Gasteiger partial charge in [0.05, 0.1) is 25.4 Å². The van der Waals surface area contributed by atoms with E-state index in [0.29, 0.717) is 26.1 Å². The first kappa shape index (κ1) is 62.8. The van der Waals surface area contributed by atoms with Gasteiger partial charge in [0.2, 0.25) is 0 Å². The van der Waals surface area contributed by atoms with Gasteiger partial charge in [0.1, 0.15) is 12.2 Å². The van der Waals surface area contributed by atoms with Gasteiger partial charge in [-0.3, -0.25) is 9.59 Å². The minimum atomic E-state index is -1.01. The van der Waals surface area contributed by atoms with Gasteiger partial charge in [0.15, 0.2) is 0 Å². The van der Waals surface area contributed by atoms with Gasteiger partial charge in [-0.25, -0.2) is 0 Å². The number of hydrogen-bond donors (Lipinski definition) is 0. The zero-order chi connectivity index (χ0) is 46.9. The third-order valence-electron chi connectivity index (χ3n) is 11.5. The Morgan fingerprint density at radius 2 is 0.692 bits per heavy atom. The van der Waals surface area contributed by atoms with Gasteiger partial charge < -0.3 is 38.7 Å². The van der Waals surface area contributed by atoms with Gasteiger partial charge >= 0.3 is 60.8 Å². The molecule has 0 aliphatic carbocycles. The van der Waals surface area contributed by atoms with Crippen molar-refractivity contribution >= 4 is 72.8 Å². The molecule has 0 spiro atoms. The zero-order valence-corrected chi connectivity index (χ0v) is 45.5. The molecule has 0 fully saturated rings. The number of rotatable bonds is 40. The van der Waals surface area contributed by atoms with E-state index >= 15 is 0 Å². The van der Waals surface area contributed by atoms with Crippen LogP contribution in [0.25, 0.3) is 0 Å². The smallest absolute Gasteiger partial charge is 0.550 e. The summed E-state index contributed by atoms with van der Waals surface area (Å²) in [4.78, 5) is 44.8. The van der Waals surface area contributed by atoms with Crippen LogP contribution in [0.4, 0.5) is 0 Å². The third kappa shape index (κ3) is 38.5. The molecule has 0 aromatic heterocycles. The maximum atomic E-state index is 11.8. The Balaban J connectivity index is 0.00000124. The van der Waals surface area contributed by atoms with E-state index in [1.165, 1.54) is 90.9 Å². The van der Waals surface area contributed by atoms with E-state index in [1.54, 1.807) is 0 Å². The van der Waals surface area contributed by atoms with E-state index < -0.39 is 11.9 Å². The molecule has 0 N–H and O–H groups in total. The molecule has 4 unspecified atom stereocenters. The quantitative estimate of drug-likeness (QED) is 0.0358. The minimum absolute atomic E-state index is 0. The number of unbranched alkanes of at least 4 members (excludes halogenated alkanes) is 18. The van der Waals surface area contributed by atoms with Crippen LogP contribution in [0.1, 0.15) is 219 Å². The molecule has 4 atom stereocenters. The van der Waals surface area contributed by atoms with Crippen LogP contribution in [0.5, 0.6) is 0 Å². The van der Waals surface area contributed by atoms with Crippen LogP contribution in [-0.4, -0.2) is 97.2 Å². The SMILES string of the molecule is CCCCCCCCCCC(OC(C)=O)C(CCCCCC(=O)[O-])OCc1ccccc1.CCCCCCCCCCC(OC(C)=O)C(CCCCCC(=O)[O-])OCc1ccccc1.[Ba+2]. The zero-order valence-electron chi connectivity index (χ0n) is 41.1. The molecule has 0 saturated heterocycles. The van der Waals surface area contributed by atoms with Gasteiger partial charge in [-0.05, 0) is 75.3 Å². The second-order valence-corrected chi connectivity index (χ2v) is 17.4. The van der Waals surface area contributed by atoms with Crippen molar-refractivity contribution in [2.45, 2.75) is 245 Å². The van der Waals surface area contributed by atoms with Crippen LogP contribution in [0.2, 0.25) is 0 Å². The van der Waals surface area contributed by atoms with Crippen molar-refractivity contribution in [2.75, 3.05) is 0 Å². The molecule has 0 saturated carbocycles. The molecule has 2 aromatic carbocycles. The number of carboxylic acids is 2. The summed E-state index contributed by atoms with van der Waals surface area (Å²) in [5.41, 5.74) is 2.17. The van der Waals surface area contributed by atoms with E-state index in [-0.39, 0.29) is 98.1 Å². The molecular formula is C54H86BaO10. The first-order valence-electron chi connectivity index (χ1n) is 25.1. The fourth-order valence-electron chi connectivity index (χ4n) is 7.92. The molecule has 2 aromatic rings. The van der Waals surface area contributed by atoms with Crippen LogP contribution in [0.15, 0.2) is 60.7 Å². The molecule has 0 bridgehead atoms. The van der Waals surface area contributed by atoms with E-state index in [1.807, 2.05) is 60.7 Å². The van der Waals surface area contributed by atoms with Crippen LogP contribution >= 0.6 is 0 Å². The average Bonchev–Trinajstić information content (AvgIpc) is 3.27. The van der Waals surface area contributed by atoms with Crippen LogP contribution in [0, 0.1) is 0 Å². The number of esters is 2. The van der Waals surface area contributed by atoms with E-state index in [0.717, 1.165) is 88.2 Å². The Kier molecular flexibility index (Phi) is 42.8. The summed E-state index contributed by atoms with van der Waals surface area (Å²) >= 11 is 0. The second-order valence-electron chi connectivity index (χ2n) is 17.4. The maximum Gasteiger partial charge on any atom is 2.00 e. The summed E-state index contributed by atoms with van der Waals surface area (Å²) in [6, 6.07) is 20.0. The Labute approximate surface area is 434 Å². The Morgan fingerprint density at radius 1 is 0.415 bits per heavy atom. The van der Waals surface area contributed by atoms with Crippen LogP contribution < -0.4 is 10.2 Å². The number of carbonyl (C=O) groups is 4. The molecule has 0 radical (unpaired) electrons. The Bertz CT molecular complexity index is 1320. The number of hydrogen-bond acceptors (Lipinski definition) is 10. The number of carboxylic acid groups (broad SMARTS) is 2. The number of carbonyl (C=O) groups excluding carboxylic acids is 4. The third-order valence-corrected chi connectivity index (χ3v) is 11.5. The molecule has 11 heteroatoms. The maximum absolute atomic E-state index is 11.8.